The number of hydrogen-bond acceptors (Lipinski definition) is 5. The van der Waals surface area contributed by atoms with Crippen LogP contribution in [-0.4, -0.2) is 24.1 Å². The van der Waals surface area contributed by atoms with Crippen LogP contribution in [0.25, 0.3) is 16.5 Å². The van der Waals surface area contributed by atoms with Crippen LogP contribution < -0.4 is 16.0 Å². The molecule has 9 heteroatoms. The van der Waals surface area contributed by atoms with Gasteiger partial charge in [-0.15, -0.1) is 0 Å². The quantitative estimate of drug-likeness (QED) is 0.485. The molecular formula is C23H20N4O4S. The highest BCUT2D eigenvalue weighted by Gasteiger charge is 2.20. The average molecular weight is 449 g/mol. The largest absolute Gasteiger partial charge is 0.344 e. The number of benzene rings is 3. The smallest absolute Gasteiger partial charge is 0.279 e. The van der Waals surface area contributed by atoms with E-state index in [4.69, 9.17) is 5.14 Å². The molecule has 0 bridgehead atoms. The Labute approximate surface area is 184 Å². The fraction of sp³-hybridized carbons (Fsp3) is 0.0870. The molecule has 0 aliphatic heterocycles. The topological polar surface area (TPSA) is 124 Å². The predicted octanol–water partition coefficient (Wildman–Crippen LogP) is 2.52. The van der Waals surface area contributed by atoms with Crippen molar-refractivity contribution in [3.63, 3.8) is 0 Å². The number of hydrogen-bond donors (Lipinski definition) is 2. The van der Waals surface area contributed by atoms with Crippen molar-refractivity contribution in [1.29, 1.82) is 0 Å². The molecule has 32 heavy (non-hydrogen) atoms. The van der Waals surface area contributed by atoms with Crippen LogP contribution in [0.5, 0.6) is 0 Å². The summed E-state index contributed by atoms with van der Waals surface area (Å²) in [5, 5.41) is 13.2. The van der Waals surface area contributed by atoms with Crippen LogP contribution in [0, 0.1) is 0 Å². The molecule has 0 unspecified atom stereocenters. The molecule has 0 radical (unpaired) electrons. The van der Waals surface area contributed by atoms with E-state index in [2.05, 4.69) is 10.4 Å². The number of carbonyl (C=O) groups excluding carboxylic acids is 1. The van der Waals surface area contributed by atoms with Gasteiger partial charge in [-0.1, -0.05) is 48.5 Å². The van der Waals surface area contributed by atoms with E-state index in [1.165, 1.54) is 16.8 Å². The summed E-state index contributed by atoms with van der Waals surface area (Å²) in [6, 6.07) is 21.2. The third-order valence-electron chi connectivity index (χ3n) is 5.08. The van der Waals surface area contributed by atoms with E-state index < -0.39 is 22.0 Å². The molecular weight excluding hydrogens is 428 g/mol. The van der Waals surface area contributed by atoms with Crippen molar-refractivity contribution in [3.05, 3.63) is 100 Å². The maximum absolute atomic E-state index is 13.2. The Bertz CT molecular complexity index is 1460. The standard InChI is InChI=1S/C23H20N4O4S/c1-15(16-11-13-18(14-12-16)32(24,30)31)25-22(28)21-19-9-5-6-10-20(19)23(29)27(26-21)17-7-3-2-4-8-17/h2-15H,1H3,(H,25,28)(H2,24,30,31)/t15-/m0/s1. The third-order valence-corrected chi connectivity index (χ3v) is 6.01. The summed E-state index contributed by atoms with van der Waals surface area (Å²) in [6.07, 6.45) is 0. The lowest BCUT2D eigenvalue weighted by Crippen LogP contribution is -2.31. The second kappa shape index (κ2) is 8.37. The van der Waals surface area contributed by atoms with Gasteiger partial charge in [-0.3, -0.25) is 9.59 Å². The van der Waals surface area contributed by atoms with E-state index >= 15 is 0 Å². The Morgan fingerprint density at radius 3 is 2.16 bits per heavy atom. The lowest BCUT2D eigenvalue weighted by Gasteiger charge is -2.16. The summed E-state index contributed by atoms with van der Waals surface area (Å²) in [5.41, 5.74) is 1.02. The van der Waals surface area contributed by atoms with E-state index in [9.17, 15) is 18.0 Å². The fourth-order valence-corrected chi connectivity index (χ4v) is 3.91. The summed E-state index contributed by atoms with van der Waals surface area (Å²) >= 11 is 0. The Balaban J connectivity index is 1.72. The van der Waals surface area contributed by atoms with Gasteiger partial charge in [-0.2, -0.15) is 9.78 Å². The number of aromatic nitrogens is 2. The van der Waals surface area contributed by atoms with Crippen LogP contribution in [0.2, 0.25) is 0 Å². The Morgan fingerprint density at radius 2 is 1.53 bits per heavy atom. The summed E-state index contributed by atoms with van der Waals surface area (Å²) in [4.78, 5) is 26.1. The molecule has 4 aromatic rings. The van der Waals surface area contributed by atoms with E-state index in [0.717, 1.165) is 0 Å². The number of amides is 1. The van der Waals surface area contributed by atoms with Crippen LogP contribution in [0.3, 0.4) is 0 Å². The highest BCUT2D eigenvalue weighted by atomic mass is 32.2. The van der Waals surface area contributed by atoms with Crippen LogP contribution in [0.4, 0.5) is 0 Å². The minimum absolute atomic E-state index is 0.0117. The Hall–Kier alpha value is -3.82. The van der Waals surface area contributed by atoms with Gasteiger partial charge >= 0.3 is 0 Å². The zero-order valence-corrected chi connectivity index (χ0v) is 17.9. The minimum Gasteiger partial charge on any atom is -0.344 e. The number of fused-ring (bicyclic) bond motifs is 1. The number of nitrogens with one attached hydrogen (secondary N) is 1. The number of para-hydroxylation sites is 1. The van der Waals surface area contributed by atoms with Crippen LogP contribution >= 0.6 is 0 Å². The summed E-state index contributed by atoms with van der Waals surface area (Å²) in [5.74, 6) is -0.464. The van der Waals surface area contributed by atoms with Crippen molar-refractivity contribution in [3.8, 4) is 5.69 Å². The number of carbonyl (C=O) groups is 1. The summed E-state index contributed by atoms with van der Waals surface area (Å²) < 4.78 is 24.1. The average Bonchev–Trinajstić information content (AvgIpc) is 2.79. The van der Waals surface area contributed by atoms with Gasteiger partial charge in [0, 0.05) is 5.39 Å². The first-order valence-corrected chi connectivity index (χ1v) is 11.3. The van der Waals surface area contributed by atoms with Crippen molar-refractivity contribution < 1.29 is 13.2 Å². The molecule has 0 spiro atoms. The Kier molecular flexibility index (Phi) is 5.60. The molecule has 1 aromatic heterocycles. The second-order valence-electron chi connectivity index (χ2n) is 7.26. The van der Waals surface area contributed by atoms with Crippen LogP contribution in [0.1, 0.15) is 29.0 Å². The van der Waals surface area contributed by atoms with Crippen molar-refractivity contribution in [2.45, 2.75) is 17.9 Å². The van der Waals surface area contributed by atoms with Gasteiger partial charge in [-0.05, 0) is 42.8 Å². The van der Waals surface area contributed by atoms with Gasteiger partial charge in [-0.25, -0.2) is 13.6 Å². The zero-order chi connectivity index (χ0) is 22.9. The van der Waals surface area contributed by atoms with Crippen molar-refractivity contribution >= 4 is 26.7 Å². The van der Waals surface area contributed by atoms with E-state index in [-0.39, 0.29) is 16.1 Å². The van der Waals surface area contributed by atoms with E-state index in [1.807, 2.05) is 6.07 Å². The van der Waals surface area contributed by atoms with Crippen LogP contribution in [-0.2, 0) is 10.0 Å². The SMILES string of the molecule is C[C@H](NC(=O)c1nn(-c2ccccc2)c(=O)c2ccccc12)c1ccc(S(N)(=O)=O)cc1. The molecule has 8 nitrogen and oxygen atoms in total. The number of sulfonamides is 1. The lowest BCUT2D eigenvalue weighted by molar-refractivity contribution is 0.0935. The van der Waals surface area contributed by atoms with Gasteiger partial charge < -0.3 is 5.32 Å². The van der Waals surface area contributed by atoms with Crippen LogP contribution in [0.15, 0.2) is 88.6 Å². The molecule has 4 rings (SSSR count). The molecule has 162 valence electrons. The van der Waals surface area contributed by atoms with Gasteiger partial charge in [0.05, 0.1) is 22.0 Å². The van der Waals surface area contributed by atoms with Crippen molar-refractivity contribution in [2.75, 3.05) is 0 Å². The first kappa shape index (κ1) is 21.4. The van der Waals surface area contributed by atoms with Gasteiger partial charge in [0.2, 0.25) is 10.0 Å². The normalized spacial score (nSPS) is 12.4. The fourth-order valence-electron chi connectivity index (χ4n) is 3.40. The molecule has 1 amide bonds. The Morgan fingerprint density at radius 1 is 0.938 bits per heavy atom. The van der Waals surface area contributed by atoms with Gasteiger partial charge in [0.25, 0.3) is 11.5 Å². The molecule has 3 N–H and O–H groups in total. The van der Waals surface area contributed by atoms with Crippen molar-refractivity contribution in [1.82, 2.24) is 15.1 Å². The van der Waals surface area contributed by atoms with Crippen molar-refractivity contribution in [2.24, 2.45) is 5.14 Å². The summed E-state index contributed by atoms with van der Waals surface area (Å²) in [7, 11) is -3.80. The third kappa shape index (κ3) is 4.16. The molecule has 0 aliphatic carbocycles. The predicted molar refractivity (Wildman–Crippen MR) is 121 cm³/mol. The maximum Gasteiger partial charge on any atom is 0.279 e. The molecule has 1 atom stereocenters. The molecule has 1 heterocycles. The number of primary sulfonamides is 1. The molecule has 0 saturated heterocycles. The highest BCUT2D eigenvalue weighted by molar-refractivity contribution is 7.89. The van der Waals surface area contributed by atoms with E-state index in [1.54, 1.807) is 67.6 Å². The number of nitrogens with zero attached hydrogens (tertiary/aromatic N) is 2. The monoisotopic (exact) mass is 448 g/mol. The number of rotatable bonds is 5. The summed E-state index contributed by atoms with van der Waals surface area (Å²) in [6.45, 7) is 1.76. The zero-order valence-electron chi connectivity index (χ0n) is 17.1. The maximum atomic E-state index is 13.2. The first-order chi connectivity index (χ1) is 15.3. The highest BCUT2D eigenvalue weighted by Crippen LogP contribution is 2.19. The molecule has 3 aromatic carbocycles. The number of nitrogens with two attached hydrogens (primary N) is 1. The minimum atomic E-state index is -3.80. The molecule has 0 aliphatic rings. The van der Waals surface area contributed by atoms with Gasteiger partial charge in [0.15, 0.2) is 5.69 Å². The van der Waals surface area contributed by atoms with Gasteiger partial charge in [0.1, 0.15) is 0 Å². The lowest BCUT2D eigenvalue weighted by atomic mass is 10.1. The van der Waals surface area contributed by atoms with E-state index in [0.29, 0.717) is 22.0 Å². The molecule has 0 fully saturated rings. The first-order valence-electron chi connectivity index (χ1n) is 9.77. The second-order valence-corrected chi connectivity index (χ2v) is 8.82. The molecule has 0 saturated carbocycles.